The molecule has 0 radical (unpaired) electrons. The smallest absolute Gasteiger partial charge is 0.128 e. The van der Waals surface area contributed by atoms with Gasteiger partial charge in [0.15, 0.2) is 0 Å². The molecule has 0 bridgehead atoms. The predicted molar refractivity (Wildman–Crippen MR) is 147 cm³/mol. The highest BCUT2D eigenvalue weighted by Crippen LogP contribution is 2.36. The van der Waals surface area contributed by atoms with Crippen LogP contribution in [0, 0.1) is 6.92 Å². The first kappa shape index (κ1) is 23.8. The highest BCUT2D eigenvalue weighted by atomic mass is 32.1. The number of benzene rings is 3. The maximum absolute atomic E-state index is 11.9. The maximum atomic E-state index is 11.9. The van der Waals surface area contributed by atoms with Gasteiger partial charge in [-0.3, -0.25) is 0 Å². The van der Waals surface area contributed by atoms with E-state index in [4.69, 9.17) is 0 Å². The second-order valence-electron chi connectivity index (χ2n) is 8.94. The number of hydrogen-bond acceptors (Lipinski definition) is 2. The van der Waals surface area contributed by atoms with Gasteiger partial charge in [-0.2, -0.15) is 0 Å². The van der Waals surface area contributed by atoms with Gasteiger partial charge >= 0.3 is 0 Å². The minimum absolute atomic E-state index is 0.530. The van der Waals surface area contributed by atoms with Crippen LogP contribution in [0.1, 0.15) is 53.1 Å². The van der Waals surface area contributed by atoms with Gasteiger partial charge in [0.1, 0.15) is 5.94 Å². The normalized spacial score (nSPS) is 13.7. The summed E-state index contributed by atoms with van der Waals surface area (Å²) in [6, 6.07) is 23.0. The predicted octanol–water partition coefficient (Wildman–Crippen LogP) is 8.01. The van der Waals surface area contributed by atoms with E-state index in [0.29, 0.717) is 5.57 Å². The minimum atomic E-state index is 0.530. The zero-order valence-corrected chi connectivity index (χ0v) is 20.8. The molecule has 0 saturated carbocycles. The van der Waals surface area contributed by atoms with Crippen LogP contribution in [0.2, 0.25) is 0 Å². The van der Waals surface area contributed by atoms with E-state index < -0.39 is 0 Å². The van der Waals surface area contributed by atoms with Gasteiger partial charge in [-0.15, -0.1) is 12.6 Å². The number of hydrogen-bond donors (Lipinski definition) is 1. The molecule has 1 aliphatic rings. The Labute approximate surface area is 208 Å². The summed E-state index contributed by atoms with van der Waals surface area (Å²) in [5, 5.41) is 0. The Hall–Kier alpha value is -3.32. The topological polar surface area (TPSA) is 17.1 Å². The molecule has 3 aromatic rings. The molecular formula is C32H30OS. The number of carbonyl (C=O) groups excluding carboxylic acids is 1. The Kier molecular flexibility index (Phi) is 7.53. The van der Waals surface area contributed by atoms with Gasteiger partial charge in [-0.05, 0) is 96.2 Å². The number of aryl methyl sites for hydroxylation is 3. The quantitative estimate of drug-likeness (QED) is 0.223. The van der Waals surface area contributed by atoms with Crippen molar-refractivity contribution in [2.24, 2.45) is 0 Å². The van der Waals surface area contributed by atoms with Crippen LogP contribution in [0.4, 0.5) is 0 Å². The first-order valence-electron chi connectivity index (χ1n) is 11.8. The summed E-state index contributed by atoms with van der Waals surface area (Å²) in [6.45, 7) is 8.27. The van der Waals surface area contributed by atoms with Crippen molar-refractivity contribution >= 4 is 30.2 Å². The molecule has 2 heteroatoms. The summed E-state index contributed by atoms with van der Waals surface area (Å²) in [7, 11) is 0. The molecule has 0 heterocycles. The van der Waals surface area contributed by atoms with Crippen molar-refractivity contribution in [2.75, 3.05) is 0 Å². The van der Waals surface area contributed by atoms with Crippen LogP contribution in [0.5, 0.6) is 0 Å². The fraction of sp³-hybridized carbons (Fsp3) is 0.188. The molecule has 170 valence electrons. The summed E-state index contributed by atoms with van der Waals surface area (Å²) in [5.74, 6) is 2.13. The average Bonchev–Trinajstić information content (AvgIpc) is 2.87. The Morgan fingerprint density at radius 3 is 2.44 bits per heavy atom. The molecule has 0 aromatic heterocycles. The third kappa shape index (κ3) is 5.25. The summed E-state index contributed by atoms with van der Waals surface area (Å²) in [4.78, 5) is 12.8. The molecular weight excluding hydrogens is 432 g/mol. The molecule has 3 aromatic carbocycles. The number of thiol groups is 1. The summed E-state index contributed by atoms with van der Waals surface area (Å²) < 4.78 is 0. The summed E-state index contributed by atoms with van der Waals surface area (Å²) in [5.41, 5.74) is 10.3. The maximum Gasteiger partial charge on any atom is 0.128 e. The van der Waals surface area contributed by atoms with Gasteiger partial charge in [0, 0.05) is 16.0 Å². The van der Waals surface area contributed by atoms with Crippen molar-refractivity contribution in [3.63, 3.8) is 0 Å². The van der Waals surface area contributed by atoms with Crippen LogP contribution in [-0.2, 0) is 17.6 Å². The molecule has 0 atom stereocenters. The van der Waals surface area contributed by atoms with E-state index in [1.165, 1.54) is 30.4 Å². The van der Waals surface area contributed by atoms with Crippen LogP contribution in [0.3, 0.4) is 0 Å². The first-order valence-corrected chi connectivity index (χ1v) is 12.2. The van der Waals surface area contributed by atoms with Gasteiger partial charge in [0.2, 0.25) is 0 Å². The van der Waals surface area contributed by atoms with Crippen molar-refractivity contribution in [3.05, 3.63) is 129 Å². The lowest BCUT2D eigenvalue weighted by Gasteiger charge is -2.19. The fourth-order valence-corrected chi connectivity index (χ4v) is 4.90. The average molecular weight is 463 g/mol. The number of fused-ring (bicyclic) bond motifs is 1. The molecule has 0 amide bonds. The van der Waals surface area contributed by atoms with Crippen molar-refractivity contribution in [2.45, 2.75) is 44.4 Å². The third-order valence-electron chi connectivity index (χ3n) is 6.50. The lowest BCUT2D eigenvalue weighted by atomic mass is 9.84. The Morgan fingerprint density at radius 2 is 1.71 bits per heavy atom. The van der Waals surface area contributed by atoms with Gasteiger partial charge < -0.3 is 0 Å². The lowest BCUT2D eigenvalue weighted by molar-refractivity contribution is 0.567. The van der Waals surface area contributed by atoms with Gasteiger partial charge in [-0.25, -0.2) is 4.79 Å². The number of allylic oxidation sites excluding steroid dienone is 4. The molecule has 0 spiro atoms. The zero-order valence-electron chi connectivity index (χ0n) is 19.9. The van der Waals surface area contributed by atoms with Crippen molar-refractivity contribution in [1.29, 1.82) is 0 Å². The lowest BCUT2D eigenvalue weighted by Crippen LogP contribution is -2.02. The third-order valence-corrected chi connectivity index (χ3v) is 6.78. The second kappa shape index (κ2) is 10.7. The SMILES string of the molecule is C=C(/C=C/c1ccc2c(c1)CCCC2)/C(C(C)=C=O)=C(\c1ccccc1)c1cc(S)ccc1C. The molecule has 0 fully saturated rings. The van der Waals surface area contributed by atoms with Gasteiger partial charge in [0.25, 0.3) is 0 Å². The standard InChI is InChI=1S/C32H30OS/c1-22-14-18-29(34)20-30(22)32(27-10-5-4-6-11-27)31(24(3)21-33)23(2)13-15-25-16-17-26-9-7-8-12-28(26)19-25/h4-6,10-11,13-20,34H,2,7-9,12H2,1,3H3/b15-13+,32-31-. The second-order valence-corrected chi connectivity index (χ2v) is 9.45. The first-order chi connectivity index (χ1) is 16.5. The van der Waals surface area contributed by atoms with Crippen LogP contribution < -0.4 is 0 Å². The molecule has 34 heavy (non-hydrogen) atoms. The van der Waals surface area contributed by atoms with Crippen LogP contribution in [0.15, 0.2) is 101 Å². The molecule has 1 nitrogen and oxygen atoms in total. The minimum Gasteiger partial charge on any atom is -0.233 e. The highest BCUT2D eigenvalue weighted by Gasteiger charge is 2.18. The van der Waals surface area contributed by atoms with Crippen molar-refractivity contribution < 1.29 is 4.79 Å². The Morgan fingerprint density at radius 1 is 0.971 bits per heavy atom. The van der Waals surface area contributed by atoms with E-state index >= 15 is 0 Å². The molecule has 0 saturated heterocycles. The number of rotatable bonds is 6. The van der Waals surface area contributed by atoms with E-state index in [2.05, 4.69) is 80.6 Å². The largest absolute Gasteiger partial charge is 0.233 e. The Balaban J connectivity index is 1.85. The van der Waals surface area contributed by atoms with E-state index in [0.717, 1.165) is 50.3 Å². The molecule has 4 rings (SSSR count). The van der Waals surface area contributed by atoms with E-state index in [-0.39, 0.29) is 0 Å². The van der Waals surface area contributed by atoms with Crippen LogP contribution in [-0.4, -0.2) is 5.94 Å². The van der Waals surface area contributed by atoms with E-state index in [1.807, 2.05) is 37.3 Å². The summed E-state index contributed by atoms with van der Waals surface area (Å²) >= 11 is 4.59. The molecule has 1 aliphatic carbocycles. The fourth-order valence-electron chi connectivity index (χ4n) is 4.70. The monoisotopic (exact) mass is 462 g/mol. The zero-order chi connectivity index (χ0) is 24.1. The van der Waals surface area contributed by atoms with E-state index in [9.17, 15) is 4.79 Å². The van der Waals surface area contributed by atoms with Gasteiger partial charge in [-0.1, -0.05) is 73.3 Å². The van der Waals surface area contributed by atoms with Gasteiger partial charge in [0.05, 0.1) is 0 Å². The highest BCUT2D eigenvalue weighted by molar-refractivity contribution is 7.80. The van der Waals surface area contributed by atoms with Crippen LogP contribution >= 0.6 is 12.6 Å². The summed E-state index contributed by atoms with van der Waals surface area (Å²) in [6.07, 6.45) is 8.97. The molecule has 0 N–H and O–H groups in total. The van der Waals surface area contributed by atoms with Crippen LogP contribution in [0.25, 0.3) is 11.6 Å². The molecule has 0 unspecified atom stereocenters. The van der Waals surface area contributed by atoms with E-state index in [1.54, 1.807) is 0 Å². The molecule has 0 aliphatic heterocycles. The van der Waals surface area contributed by atoms with Crippen molar-refractivity contribution in [3.8, 4) is 0 Å². The van der Waals surface area contributed by atoms with Crippen molar-refractivity contribution in [1.82, 2.24) is 0 Å². The Bertz CT molecular complexity index is 1330.